The van der Waals surface area contributed by atoms with Gasteiger partial charge < -0.3 is 11.1 Å². The normalized spacial score (nSPS) is 19.8. The second kappa shape index (κ2) is 2.52. The molecule has 1 aliphatic rings. The van der Waals surface area contributed by atoms with E-state index < -0.39 is 0 Å². The van der Waals surface area contributed by atoms with E-state index in [0.29, 0.717) is 6.42 Å². The van der Waals surface area contributed by atoms with E-state index in [1.165, 1.54) is 0 Å². The summed E-state index contributed by atoms with van der Waals surface area (Å²) < 4.78 is 0. The van der Waals surface area contributed by atoms with Crippen molar-refractivity contribution in [1.82, 2.24) is 0 Å². The van der Waals surface area contributed by atoms with Crippen LogP contribution in [0, 0.1) is 6.07 Å². The van der Waals surface area contributed by atoms with Crippen LogP contribution in [0.25, 0.3) is 0 Å². The highest BCUT2D eigenvalue weighted by Gasteiger charge is 2.23. The van der Waals surface area contributed by atoms with Gasteiger partial charge in [0, 0.05) is 12.1 Å². The van der Waals surface area contributed by atoms with E-state index in [1.54, 1.807) is 0 Å². The molecule has 3 heteroatoms. The van der Waals surface area contributed by atoms with Crippen LogP contribution < -0.4 is 11.1 Å². The summed E-state index contributed by atoms with van der Waals surface area (Å²) in [5.74, 6) is -0.300. The van der Waals surface area contributed by atoms with E-state index in [9.17, 15) is 4.79 Å². The predicted octanol–water partition coefficient (Wildman–Crippen LogP) is 0.309. The minimum absolute atomic E-state index is 0.240. The molecule has 1 aromatic rings. The minimum atomic E-state index is -0.300. The molecular formula is C9H9N2O. The van der Waals surface area contributed by atoms with E-state index in [-0.39, 0.29) is 11.9 Å². The summed E-state index contributed by atoms with van der Waals surface area (Å²) in [6.07, 6.45) is 0.694. The van der Waals surface area contributed by atoms with E-state index in [4.69, 9.17) is 5.73 Å². The first-order valence-corrected chi connectivity index (χ1v) is 3.82. The van der Waals surface area contributed by atoms with Crippen LogP contribution in [0.4, 0.5) is 5.69 Å². The smallest absolute Gasteiger partial charge is 0.240 e. The van der Waals surface area contributed by atoms with Crippen LogP contribution in [-0.2, 0) is 11.2 Å². The molecule has 1 aliphatic heterocycles. The molecular weight excluding hydrogens is 152 g/mol. The Labute approximate surface area is 70.6 Å². The van der Waals surface area contributed by atoms with Gasteiger partial charge in [-0.15, -0.1) is 0 Å². The lowest BCUT2D eigenvalue weighted by molar-refractivity contribution is -0.118. The zero-order valence-electron chi connectivity index (χ0n) is 6.50. The summed E-state index contributed by atoms with van der Waals surface area (Å²) in [6, 6.07) is 8.32. The average Bonchev–Trinajstić information content (AvgIpc) is 2.46. The topological polar surface area (TPSA) is 55.1 Å². The van der Waals surface area contributed by atoms with Crippen LogP contribution in [0.1, 0.15) is 5.56 Å². The Hall–Kier alpha value is -1.51. The van der Waals surface area contributed by atoms with Gasteiger partial charge in [-0.3, -0.25) is 4.79 Å². The van der Waals surface area contributed by atoms with Crippen molar-refractivity contribution in [2.45, 2.75) is 12.5 Å². The second-order valence-corrected chi connectivity index (χ2v) is 2.89. The van der Waals surface area contributed by atoms with Crippen molar-refractivity contribution >= 4 is 11.6 Å². The van der Waals surface area contributed by atoms with Gasteiger partial charge in [-0.25, -0.2) is 0 Å². The Bertz CT molecular complexity index is 297. The molecule has 2 rings (SSSR count). The number of anilines is 1. The van der Waals surface area contributed by atoms with Crippen LogP contribution in [0.3, 0.4) is 0 Å². The van der Waals surface area contributed by atoms with E-state index in [0.717, 1.165) is 11.3 Å². The van der Waals surface area contributed by atoms with Crippen molar-refractivity contribution in [3.05, 3.63) is 29.8 Å². The summed E-state index contributed by atoms with van der Waals surface area (Å²) in [5, 5.41) is 3.03. The Balaban J connectivity index is 2.27. The maximum Gasteiger partial charge on any atom is 0.240 e. The molecule has 3 N–H and O–H groups in total. The highest BCUT2D eigenvalue weighted by molar-refractivity contribution is 5.85. The van der Waals surface area contributed by atoms with Gasteiger partial charge in [0.25, 0.3) is 0 Å². The first-order valence-electron chi connectivity index (χ1n) is 3.82. The number of fused-ring (bicyclic) bond motifs is 1. The van der Waals surface area contributed by atoms with Gasteiger partial charge in [-0.2, -0.15) is 0 Å². The number of hydrogen-bond donors (Lipinski definition) is 2. The maximum atomic E-state index is 10.8. The van der Waals surface area contributed by atoms with E-state index in [2.05, 4.69) is 11.4 Å². The lowest BCUT2D eigenvalue weighted by Gasteiger charge is -2.04. The minimum Gasteiger partial charge on any atom is -0.373 e. The predicted molar refractivity (Wildman–Crippen MR) is 45.6 cm³/mol. The van der Waals surface area contributed by atoms with Crippen molar-refractivity contribution in [2.75, 3.05) is 5.32 Å². The van der Waals surface area contributed by atoms with Crippen molar-refractivity contribution in [3.63, 3.8) is 0 Å². The molecule has 0 bridgehead atoms. The average molecular weight is 161 g/mol. The second-order valence-electron chi connectivity index (χ2n) is 2.89. The zero-order chi connectivity index (χ0) is 8.55. The van der Waals surface area contributed by atoms with Crippen LogP contribution in [-0.4, -0.2) is 11.9 Å². The molecule has 1 unspecified atom stereocenters. The van der Waals surface area contributed by atoms with Gasteiger partial charge in [0.2, 0.25) is 5.91 Å². The number of nitrogens with two attached hydrogens (primary N) is 1. The molecule has 1 radical (unpaired) electrons. The number of carbonyl (C=O) groups is 1. The summed E-state index contributed by atoms with van der Waals surface area (Å²) >= 11 is 0. The Kier molecular flexibility index (Phi) is 1.50. The van der Waals surface area contributed by atoms with Gasteiger partial charge >= 0.3 is 0 Å². The summed E-state index contributed by atoms with van der Waals surface area (Å²) in [6.45, 7) is 0. The molecule has 3 nitrogen and oxygen atoms in total. The van der Waals surface area contributed by atoms with Crippen LogP contribution >= 0.6 is 0 Å². The number of rotatable bonds is 1. The standard InChI is InChI=1S/C9H9N2O/c10-9(12)8-5-6-3-1-2-4-7(6)11-8/h1,3-4,8,11H,5H2,(H2,10,12). The molecule has 1 heterocycles. The zero-order valence-corrected chi connectivity index (χ0v) is 6.50. The van der Waals surface area contributed by atoms with Crippen molar-refractivity contribution in [2.24, 2.45) is 5.73 Å². The highest BCUT2D eigenvalue weighted by atomic mass is 16.1. The van der Waals surface area contributed by atoms with E-state index in [1.807, 2.05) is 18.2 Å². The fraction of sp³-hybridized carbons (Fsp3) is 0.222. The fourth-order valence-electron chi connectivity index (χ4n) is 1.41. The number of nitrogens with one attached hydrogen (secondary N) is 1. The molecule has 0 aliphatic carbocycles. The molecule has 0 spiro atoms. The number of carbonyl (C=O) groups excluding carboxylic acids is 1. The Morgan fingerprint density at radius 2 is 2.58 bits per heavy atom. The lowest BCUT2D eigenvalue weighted by atomic mass is 10.1. The van der Waals surface area contributed by atoms with Gasteiger partial charge in [0.15, 0.2) is 0 Å². The monoisotopic (exact) mass is 161 g/mol. The van der Waals surface area contributed by atoms with Crippen LogP contribution in [0.2, 0.25) is 0 Å². The Morgan fingerprint density at radius 1 is 1.75 bits per heavy atom. The van der Waals surface area contributed by atoms with Crippen molar-refractivity contribution in [1.29, 1.82) is 0 Å². The summed E-state index contributed by atoms with van der Waals surface area (Å²) in [7, 11) is 0. The maximum absolute atomic E-state index is 10.8. The summed E-state index contributed by atoms with van der Waals surface area (Å²) in [5.41, 5.74) is 7.28. The van der Waals surface area contributed by atoms with E-state index >= 15 is 0 Å². The number of primary amides is 1. The van der Waals surface area contributed by atoms with Gasteiger partial charge in [-0.05, 0) is 17.7 Å². The number of hydrogen-bond acceptors (Lipinski definition) is 2. The third kappa shape index (κ3) is 1.03. The molecule has 12 heavy (non-hydrogen) atoms. The lowest BCUT2D eigenvalue weighted by Crippen LogP contribution is -2.33. The molecule has 0 saturated heterocycles. The van der Waals surface area contributed by atoms with Crippen molar-refractivity contribution < 1.29 is 4.79 Å². The molecule has 1 atom stereocenters. The third-order valence-electron chi connectivity index (χ3n) is 2.05. The SMILES string of the molecule is NC(=O)C1Cc2cc[c]cc2N1. The molecule has 61 valence electrons. The van der Waals surface area contributed by atoms with Gasteiger partial charge in [-0.1, -0.05) is 12.1 Å². The third-order valence-corrected chi connectivity index (χ3v) is 2.05. The van der Waals surface area contributed by atoms with Crippen molar-refractivity contribution in [3.8, 4) is 0 Å². The first-order chi connectivity index (χ1) is 5.77. The molecule has 1 amide bonds. The molecule has 0 aromatic heterocycles. The fourth-order valence-corrected chi connectivity index (χ4v) is 1.41. The van der Waals surface area contributed by atoms with Gasteiger partial charge in [0.1, 0.15) is 6.04 Å². The highest BCUT2D eigenvalue weighted by Crippen LogP contribution is 2.24. The van der Waals surface area contributed by atoms with Crippen LogP contribution in [0.15, 0.2) is 18.2 Å². The summed E-state index contributed by atoms with van der Waals surface area (Å²) in [4.78, 5) is 10.8. The quantitative estimate of drug-likeness (QED) is 0.622. The number of benzene rings is 1. The molecule has 1 aromatic carbocycles. The first kappa shape index (κ1) is 7.16. The molecule has 0 fully saturated rings. The largest absolute Gasteiger partial charge is 0.373 e. The Morgan fingerprint density at radius 3 is 3.25 bits per heavy atom. The van der Waals surface area contributed by atoms with Gasteiger partial charge in [0.05, 0.1) is 0 Å². The number of amides is 1. The van der Waals surface area contributed by atoms with Crippen LogP contribution in [0.5, 0.6) is 0 Å². The molecule has 0 saturated carbocycles.